The van der Waals surface area contributed by atoms with E-state index >= 15 is 0 Å². The van der Waals surface area contributed by atoms with Crippen LogP contribution in [0.15, 0.2) is 11.5 Å². The van der Waals surface area contributed by atoms with E-state index in [0.717, 1.165) is 19.4 Å². The van der Waals surface area contributed by atoms with Gasteiger partial charge in [0.25, 0.3) is 0 Å². The second-order valence-electron chi connectivity index (χ2n) is 7.31. The number of hydrogen-bond acceptors (Lipinski definition) is 4. The van der Waals surface area contributed by atoms with Crippen LogP contribution in [0.1, 0.15) is 40.0 Å². The number of aromatic amines is 1. The number of fused-ring (bicyclic) bond motifs is 2. The van der Waals surface area contributed by atoms with Crippen molar-refractivity contribution in [2.75, 3.05) is 12.3 Å². The quantitative estimate of drug-likeness (QED) is 0.869. The maximum Gasteiger partial charge on any atom is 0.233 e. The van der Waals surface area contributed by atoms with Crippen molar-refractivity contribution in [3.8, 4) is 0 Å². The van der Waals surface area contributed by atoms with Crippen LogP contribution in [0.4, 0.5) is 0 Å². The SMILES string of the molecule is CC1(C)C[C@@H]2C[C@@](C)(CN2C(=O)CSc2ncn[nH]2)C1. The van der Waals surface area contributed by atoms with Gasteiger partial charge < -0.3 is 4.90 Å². The van der Waals surface area contributed by atoms with Gasteiger partial charge in [0.2, 0.25) is 5.91 Å². The van der Waals surface area contributed by atoms with Crippen molar-refractivity contribution in [2.45, 2.75) is 51.2 Å². The van der Waals surface area contributed by atoms with Crippen LogP contribution in [0.2, 0.25) is 0 Å². The predicted octanol–water partition coefficient (Wildman–Crippen LogP) is 2.32. The third-order valence-corrected chi connectivity index (χ3v) is 5.32. The third kappa shape index (κ3) is 2.71. The van der Waals surface area contributed by atoms with Crippen molar-refractivity contribution < 1.29 is 4.79 Å². The lowest BCUT2D eigenvalue weighted by Crippen LogP contribution is -2.38. The van der Waals surface area contributed by atoms with Crippen molar-refractivity contribution >= 4 is 17.7 Å². The molecule has 0 unspecified atom stereocenters. The summed E-state index contributed by atoms with van der Waals surface area (Å²) in [6.45, 7) is 7.90. The van der Waals surface area contributed by atoms with Gasteiger partial charge in [-0.25, -0.2) is 4.98 Å². The van der Waals surface area contributed by atoms with Gasteiger partial charge in [-0.2, -0.15) is 5.10 Å². The molecule has 110 valence electrons. The summed E-state index contributed by atoms with van der Waals surface area (Å²) >= 11 is 1.43. The molecule has 1 aliphatic carbocycles. The third-order valence-electron chi connectivity index (χ3n) is 4.46. The lowest BCUT2D eigenvalue weighted by atomic mass is 9.65. The second kappa shape index (κ2) is 4.76. The van der Waals surface area contributed by atoms with Gasteiger partial charge in [0.15, 0.2) is 5.16 Å². The summed E-state index contributed by atoms with van der Waals surface area (Å²) in [4.78, 5) is 18.6. The molecule has 2 atom stereocenters. The number of amides is 1. The highest BCUT2D eigenvalue weighted by atomic mass is 32.2. The number of nitrogens with one attached hydrogen (secondary N) is 1. The molecule has 0 aromatic carbocycles. The number of rotatable bonds is 3. The Labute approximate surface area is 123 Å². The Balaban J connectivity index is 1.64. The minimum Gasteiger partial charge on any atom is -0.338 e. The van der Waals surface area contributed by atoms with E-state index in [1.807, 2.05) is 0 Å². The highest BCUT2D eigenvalue weighted by Gasteiger charge is 2.50. The fourth-order valence-corrected chi connectivity index (χ4v) is 4.89. The molecule has 1 aromatic heterocycles. The molecule has 1 saturated heterocycles. The summed E-state index contributed by atoms with van der Waals surface area (Å²) in [6, 6.07) is 0.423. The summed E-state index contributed by atoms with van der Waals surface area (Å²) < 4.78 is 0. The van der Waals surface area contributed by atoms with Crippen molar-refractivity contribution in [1.82, 2.24) is 20.1 Å². The van der Waals surface area contributed by atoms with E-state index in [1.165, 1.54) is 24.5 Å². The van der Waals surface area contributed by atoms with E-state index in [0.29, 0.717) is 27.8 Å². The number of aromatic nitrogens is 3. The topological polar surface area (TPSA) is 61.9 Å². The molecule has 2 heterocycles. The van der Waals surface area contributed by atoms with Crippen molar-refractivity contribution in [2.24, 2.45) is 10.8 Å². The molecular weight excluding hydrogens is 272 g/mol. The highest BCUT2D eigenvalue weighted by molar-refractivity contribution is 7.99. The van der Waals surface area contributed by atoms with E-state index in [-0.39, 0.29) is 5.91 Å². The number of thioether (sulfide) groups is 1. The molecule has 1 amide bonds. The molecular formula is C14H22N4OS. The van der Waals surface area contributed by atoms with Crippen molar-refractivity contribution in [1.29, 1.82) is 0 Å². The first-order valence-electron chi connectivity index (χ1n) is 7.15. The normalized spacial score (nSPS) is 31.6. The largest absolute Gasteiger partial charge is 0.338 e. The Morgan fingerprint density at radius 3 is 3.00 bits per heavy atom. The van der Waals surface area contributed by atoms with Crippen LogP contribution >= 0.6 is 11.8 Å². The first-order chi connectivity index (χ1) is 9.37. The van der Waals surface area contributed by atoms with E-state index in [2.05, 4.69) is 40.9 Å². The van der Waals surface area contributed by atoms with Gasteiger partial charge in [-0.3, -0.25) is 9.89 Å². The Morgan fingerprint density at radius 1 is 1.50 bits per heavy atom. The molecule has 1 saturated carbocycles. The molecule has 2 bridgehead atoms. The van der Waals surface area contributed by atoms with Crippen LogP contribution in [0.25, 0.3) is 0 Å². The molecule has 3 rings (SSSR count). The van der Waals surface area contributed by atoms with Crippen LogP contribution < -0.4 is 0 Å². The molecule has 1 aliphatic heterocycles. The second-order valence-corrected chi connectivity index (χ2v) is 8.28. The number of H-pyrrole nitrogens is 1. The van der Waals surface area contributed by atoms with Crippen LogP contribution in [0.5, 0.6) is 0 Å². The lowest BCUT2D eigenvalue weighted by molar-refractivity contribution is -0.129. The fraction of sp³-hybridized carbons (Fsp3) is 0.786. The fourth-order valence-electron chi connectivity index (χ4n) is 4.23. The van der Waals surface area contributed by atoms with Crippen molar-refractivity contribution in [3.05, 3.63) is 6.33 Å². The predicted molar refractivity (Wildman–Crippen MR) is 78.3 cm³/mol. The number of hydrogen-bond donors (Lipinski definition) is 1. The van der Waals surface area contributed by atoms with Crippen LogP contribution in [-0.2, 0) is 4.79 Å². The molecule has 5 nitrogen and oxygen atoms in total. The van der Waals surface area contributed by atoms with Gasteiger partial charge in [-0.15, -0.1) is 0 Å². The van der Waals surface area contributed by atoms with Gasteiger partial charge in [0.05, 0.1) is 5.75 Å². The number of likely N-dealkylation sites (tertiary alicyclic amines) is 1. The zero-order chi connectivity index (χ0) is 14.4. The summed E-state index contributed by atoms with van der Waals surface area (Å²) in [5, 5.41) is 7.29. The summed E-state index contributed by atoms with van der Waals surface area (Å²) in [5.74, 6) is 0.681. The van der Waals surface area contributed by atoms with Crippen LogP contribution in [0, 0.1) is 10.8 Å². The average Bonchev–Trinajstić information content (AvgIpc) is 2.91. The van der Waals surface area contributed by atoms with E-state index in [1.54, 1.807) is 0 Å². The lowest BCUT2D eigenvalue weighted by Gasteiger charge is -2.39. The minimum absolute atomic E-state index is 0.234. The van der Waals surface area contributed by atoms with E-state index in [9.17, 15) is 4.79 Å². The molecule has 0 spiro atoms. The highest BCUT2D eigenvalue weighted by Crippen LogP contribution is 2.52. The average molecular weight is 294 g/mol. The molecule has 1 N–H and O–H groups in total. The van der Waals surface area contributed by atoms with Crippen LogP contribution in [-0.4, -0.2) is 44.3 Å². The maximum absolute atomic E-state index is 12.5. The number of carbonyl (C=O) groups is 1. The molecule has 2 aliphatic rings. The molecule has 20 heavy (non-hydrogen) atoms. The summed E-state index contributed by atoms with van der Waals surface area (Å²) in [6.07, 6.45) is 4.98. The van der Waals surface area contributed by atoms with Crippen molar-refractivity contribution in [3.63, 3.8) is 0 Å². The summed E-state index contributed by atoms with van der Waals surface area (Å²) in [7, 11) is 0. The zero-order valence-corrected chi connectivity index (χ0v) is 13.2. The van der Waals surface area contributed by atoms with Gasteiger partial charge in [-0.1, -0.05) is 32.5 Å². The molecule has 1 aromatic rings. The minimum atomic E-state index is 0.234. The zero-order valence-electron chi connectivity index (χ0n) is 12.3. The van der Waals surface area contributed by atoms with E-state index < -0.39 is 0 Å². The van der Waals surface area contributed by atoms with Gasteiger partial charge in [0, 0.05) is 12.6 Å². The smallest absolute Gasteiger partial charge is 0.233 e. The van der Waals surface area contributed by atoms with Gasteiger partial charge in [0.1, 0.15) is 6.33 Å². The summed E-state index contributed by atoms with van der Waals surface area (Å²) in [5.41, 5.74) is 0.656. The Morgan fingerprint density at radius 2 is 2.30 bits per heavy atom. The maximum atomic E-state index is 12.5. The monoisotopic (exact) mass is 294 g/mol. The number of nitrogens with zero attached hydrogens (tertiary/aromatic N) is 3. The standard InChI is InChI=1S/C14H22N4OS/c1-13(2)4-10-5-14(3,7-13)8-18(10)11(19)6-20-12-15-9-16-17-12/h9-10H,4-8H2,1-3H3,(H,15,16,17)/t10-,14-/m1/s1. The first-order valence-corrected chi connectivity index (χ1v) is 8.13. The van der Waals surface area contributed by atoms with E-state index in [4.69, 9.17) is 0 Å². The molecule has 2 fully saturated rings. The Hall–Kier alpha value is -1.04. The first kappa shape index (κ1) is 13.9. The Bertz CT molecular complexity index is 501. The van der Waals surface area contributed by atoms with Gasteiger partial charge in [-0.05, 0) is 30.1 Å². The Kier molecular flexibility index (Phi) is 3.31. The molecule has 6 heteroatoms. The van der Waals surface area contributed by atoms with Gasteiger partial charge >= 0.3 is 0 Å². The number of carbonyl (C=O) groups excluding carboxylic acids is 1. The van der Waals surface area contributed by atoms with Crippen LogP contribution in [0.3, 0.4) is 0 Å². The molecule has 0 radical (unpaired) electrons.